The minimum absolute atomic E-state index is 0.110. The van der Waals surface area contributed by atoms with Crippen molar-refractivity contribution >= 4 is 21.8 Å². The summed E-state index contributed by atoms with van der Waals surface area (Å²) in [7, 11) is 0. The molecule has 0 aliphatic heterocycles. The number of nitrogens with one attached hydrogen (secondary N) is 1. The lowest BCUT2D eigenvalue weighted by Gasteiger charge is -2.37. The van der Waals surface area contributed by atoms with Gasteiger partial charge in [-0.15, -0.1) is 0 Å². The average molecular weight is 380 g/mol. The molecular weight excluding hydrogens is 354 g/mol. The summed E-state index contributed by atoms with van der Waals surface area (Å²) < 4.78 is 1.04. The summed E-state index contributed by atoms with van der Waals surface area (Å²) in [6.07, 6.45) is 8.64. The lowest BCUT2D eigenvalue weighted by molar-refractivity contribution is -0.124. The van der Waals surface area contributed by atoms with Gasteiger partial charge >= 0.3 is 0 Å². The van der Waals surface area contributed by atoms with Gasteiger partial charge in [-0.2, -0.15) is 0 Å². The highest BCUT2D eigenvalue weighted by atomic mass is 79.9. The van der Waals surface area contributed by atoms with Gasteiger partial charge in [0, 0.05) is 17.6 Å². The Bertz CT molecular complexity index is 539. The van der Waals surface area contributed by atoms with Gasteiger partial charge in [0.15, 0.2) is 0 Å². The van der Waals surface area contributed by atoms with Crippen LogP contribution in [0.3, 0.4) is 0 Å². The van der Waals surface area contributed by atoms with Crippen molar-refractivity contribution < 1.29 is 9.90 Å². The van der Waals surface area contributed by atoms with Crippen LogP contribution < -0.4 is 5.32 Å². The Hall–Kier alpha value is -0.870. The topological polar surface area (TPSA) is 49.3 Å². The highest BCUT2D eigenvalue weighted by Gasteiger charge is 2.51. The zero-order valence-corrected chi connectivity index (χ0v) is 15.2. The van der Waals surface area contributed by atoms with Crippen molar-refractivity contribution in [3.63, 3.8) is 0 Å². The number of aliphatic hydroxyl groups excluding tert-OH is 1. The van der Waals surface area contributed by atoms with Crippen molar-refractivity contribution in [1.82, 2.24) is 5.32 Å². The maximum absolute atomic E-state index is 12.8. The molecule has 2 saturated carbocycles. The summed E-state index contributed by atoms with van der Waals surface area (Å²) in [5.41, 5.74) is 0.923. The van der Waals surface area contributed by atoms with Gasteiger partial charge in [0.2, 0.25) is 5.91 Å². The summed E-state index contributed by atoms with van der Waals surface area (Å²) in [4.78, 5) is 12.8. The molecule has 1 amide bonds. The van der Waals surface area contributed by atoms with Gasteiger partial charge in [-0.25, -0.2) is 0 Å². The Morgan fingerprint density at radius 2 is 1.74 bits per heavy atom. The van der Waals surface area contributed by atoms with Crippen LogP contribution in [-0.4, -0.2) is 24.2 Å². The minimum Gasteiger partial charge on any atom is -0.396 e. The van der Waals surface area contributed by atoms with Crippen molar-refractivity contribution in [2.45, 2.75) is 56.8 Å². The molecule has 1 aromatic rings. The molecule has 2 fully saturated rings. The quantitative estimate of drug-likeness (QED) is 0.786. The second-order valence-electron chi connectivity index (χ2n) is 7.31. The molecule has 0 aromatic heterocycles. The van der Waals surface area contributed by atoms with Crippen molar-refractivity contribution in [2.75, 3.05) is 13.2 Å². The Kier molecular flexibility index (Phi) is 5.12. The summed E-state index contributed by atoms with van der Waals surface area (Å²) in [6.45, 7) is 0.929. The third kappa shape index (κ3) is 3.63. The molecule has 4 heteroatoms. The molecule has 0 unspecified atom stereocenters. The molecule has 0 bridgehead atoms. The lowest BCUT2D eigenvalue weighted by atomic mass is 9.72. The van der Waals surface area contributed by atoms with E-state index in [0.717, 1.165) is 42.1 Å². The molecular formula is C19H26BrNO2. The third-order valence-electron chi connectivity index (χ3n) is 5.76. The lowest BCUT2D eigenvalue weighted by Crippen LogP contribution is -2.43. The summed E-state index contributed by atoms with van der Waals surface area (Å²) in [6, 6.07) is 8.13. The van der Waals surface area contributed by atoms with Crippen LogP contribution in [-0.2, 0) is 10.2 Å². The van der Waals surface area contributed by atoms with Crippen LogP contribution in [0.1, 0.15) is 56.9 Å². The standard InChI is InChI=1S/C19H26BrNO2/c20-16-6-4-15(5-7-16)19(10-11-19)17(23)21-14-18(12-13-22)8-2-1-3-9-18/h4-7,22H,1-3,8-14H2,(H,21,23). The normalized spacial score (nSPS) is 21.7. The van der Waals surface area contributed by atoms with E-state index in [-0.39, 0.29) is 23.3 Å². The largest absolute Gasteiger partial charge is 0.396 e. The molecule has 2 aliphatic rings. The minimum atomic E-state index is -0.310. The first kappa shape index (κ1) is 17.0. The van der Waals surface area contributed by atoms with E-state index in [2.05, 4.69) is 33.4 Å². The maximum Gasteiger partial charge on any atom is 0.230 e. The van der Waals surface area contributed by atoms with Gasteiger partial charge in [-0.3, -0.25) is 4.79 Å². The molecule has 0 radical (unpaired) electrons. The number of carbonyl (C=O) groups is 1. The number of hydrogen-bond donors (Lipinski definition) is 2. The van der Waals surface area contributed by atoms with Crippen LogP contribution >= 0.6 is 15.9 Å². The molecule has 0 saturated heterocycles. The average Bonchev–Trinajstić information content (AvgIpc) is 3.36. The molecule has 0 heterocycles. The fourth-order valence-electron chi connectivity index (χ4n) is 4.03. The smallest absolute Gasteiger partial charge is 0.230 e. The molecule has 23 heavy (non-hydrogen) atoms. The van der Waals surface area contributed by atoms with Gasteiger partial charge in [0.25, 0.3) is 0 Å². The third-order valence-corrected chi connectivity index (χ3v) is 6.29. The van der Waals surface area contributed by atoms with E-state index in [9.17, 15) is 9.90 Å². The Morgan fingerprint density at radius 1 is 1.09 bits per heavy atom. The van der Waals surface area contributed by atoms with Crippen LogP contribution in [0, 0.1) is 5.41 Å². The van der Waals surface area contributed by atoms with Crippen LogP contribution in [0.25, 0.3) is 0 Å². The van der Waals surface area contributed by atoms with E-state index in [1.165, 1.54) is 19.3 Å². The highest BCUT2D eigenvalue weighted by Crippen LogP contribution is 2.49. The van der Waals surface area contributed by atoms with Crippen LogP contribution in [0.5, 0.6) is 0 Å². The molecule has 0 atom stereocenters. The molecule has 2 N–H and O–H groups in total. The SMILES string of the molecule is O=C(NCC1(CCO)CCCCC1)C1(c2ccc(Br)cc2)CC1. The van der Waals surface area contributed by atoms with Gasteiger partial charge < -0.3 is 10.4 Å². The molecule has 2 aliphatic carbocycles. The fourth-order valence-corrected chi connectivity index (χ4v) is 4.30. The van der Waals surface area contributed by atoms with E-state index in [1.54, 1.807) is 0 Å². The van der Waals surface area contributed by atoms with Crippen LogP contribution in [0.15, 0.2) is 28.7 Å². The van der Waals surface area contributed by atoms with E-state index < -0.39 is 0 Å². The van der Waals surface area contributed by atoms with E-state index >= 15 is 0 Å². The van der Waals surface area contributed by atoms with Crippen molar-refractivity contribution in [2.24, 2.45) is 5.41 Å². The van der Waals surface area contributed by atoms with Crippen molar-refractivity contribution in [3.05, 3.63) is 34.3 Å². The predicted molar refractivity (Wildman–Crippen MR) is 95.3 cm³/mol. The Balaban J connectivity index is 1.65. The predicted octanol–water partition coefficient (Wildman–Crippen LogP) is 3.93. The fraction of sp³-hybridized carbons (Fsp3) is 0.632. The number of carbonyl (C=O) groups excluding carboxylic acids is 1. The van der Waals surface area contributed by atoms with Crippen LogP contribution in [0.2, 0.25) is 0 Å². The Morgan fingerprint density at radius 3 is 2.30 bits per heavy atom. The molecule has 0 spiro atoms. The number of aliphatic hydroxyl groups is 1. The number of rotatable bonds is 6. The van der Waals surface area contributed by atoms with E-state index in [4.69, 9.17) is 0 Å². The van der Waals surface area contributed by atoms with Gasteiger partial charge in [0.1, 0.15) is 0 Å². The summed E-state index contributed by atoms with van der Waals surface area (Å²) in [5.74, 6) is 0.169. The number of halogens is 1. The first-order valence-corrected chi connectivity index (χ1v) is 9.55. The van der Waals surface area contributed by atoms with E-state index in [0.29, 0.717) is 6.54 Å². The zero-order chi connectivity index (χ0) is 16.3. The number of amides is 1. The first-order valence-electron chi connectivity index (χ1n) is 8.76. The summed E-state index contributed by atoms with van der Waals surface area (Å²) >= 11 is 3.45. The van der Waals surface area contributed by atoms with Gasteiger partial charge in [-0.1, -0.05) is 47.3 Å². The van der Waals surface area contributed by atoms with Crippen LogP contribution in [0.4, 0.5) is 0 Å². The number of hydrogen-bond acceptors (Lipinski definition) is 2. The van der Waals surface area contributed by atoms with Gasteiger partial charge in [-0.05, 0) is 55.2 Å². The number of benzene rings is 1. The Labute approximate surface area is 147 Å². The zero-order valence-electron chi connectivity index (χ0n) is 13.6. The maximum atomic E-state index is 12.8. The molecule has 126 valence electrons. The van der Waals surface area contributed by atoms with E-state index in [1.807, 2.05) is 12.1 Å². The monoisotopic (exact) mass is 379 g/mol. The summed E-state index contributed by atoms with van der Waals surface area (Å²) in [5, 5.41) is 12.6. The molecule has 1 aromatic carbocycles. The van der Waals surface area contributed by atoms with Crippen molar-refractivity contribution in [3.8, 4) is 0 Å². The van der Waals surface area contributed by atoms with Crippen molar-refractivity contribution in [1.29, 1.82) is 0 Å². The molecule has 3 nitrogen and oxygen atoms in total. The second kappa shape index (κ2) is 6.94. The van der Waals surface area contributed by atoms with Gasteiger partial charge in [0.05, 0.1) is 5.41 Å². The second-order valence-corrected chi connectivity index (χ2v) is 8.22. The highest BCUT2D eigenvalue weighted by molar-refractivity contribution is 9.10. The molecule has 3 rings (SSSR count). The first-order chi connectivity index (χ1) is 11.1.